The number of hydrogen-bond acceptors (Lipinski definition) is 4. The molecule has 0 heterocycles. The molecule has 2 aromatic carbocycles. The molecule has 0 aromatic heterocycles. The van der Waals surface area contributed by atoms with E-state index in [1.807, 2.05) is 13.8 Å². The van der Waals surface area contributed by atoms with E-state index in [1.165, 1.54) is 12.1 Å². The van der Waals surface area contributed by atoms with Crippen LogP contribution >= 0.6 is 0 Å². The Labute approximate surface area is 153 Å². The summed E-state index contributed by atoms with van der Waals surface area (Å²) < 4.78 is 23.7. The van der Waals surface area contributed by atoms with E-state index >= 15 is 0 Å². The minimum absolute atomic E-state index is 0.0344. The summed E-state index contributed by atoms with van der Waals surface area (Å²) in [5.74, 6) is -0.666. The lowest BCUT2D eigenvalue weighted by molar-refractivity contribution is 0.0772. The molecule has 0 saturated heterocycles. The third-order valence-electron chi connectivity index (χ3n) is 3.95. The average molecular weight is 374 g/mol. The summed E-state index contributed by atoms with van der Waals surface area (Å²) in [5.41, 5.74) is 0.953. The molecule has 0 unspecified atom stereocenters. The zero-order valence-electron chi connectivity index (χ0n) is 15.0. The number of carbonyl (C=O) groups excluding carboxylic acids is 2. The van der Waals surface area contributed by atoms with Crippen LogP contribution in [0.1, 0.15) is 34.6 Å². The van der Waals surface area contributed by atoms with Crippen LogP contribution in [0.25, 0.3) is 0 Å². The molecule has 26 heavy (non-hydrogen) atoms. The molecule has 0 aliphatic carbocycles. The van der Waals surface area contributed by atoms with Crippen LogP contribution in [0.4, 0.5) is 5.69 Å². The Balaban J connectivity index is 2.29. The van der Waals surface area contributed by atoms with Crippen LogP contribution in [0.15, 0.2) is 53.4 Å². The van der Waals surface area contributed by atoms with Crippen molar-refractivity contribution in [3.05, 3.63) is 59.7 Å². The number of carbonyl (C=O) groups is 2. The third-order valence-corrected chi connectivity index (χ3v) is 5.10. The van der Waals surface area contributed by atoms with Gasteiger partial charge in [0.1, 0.15) is 0 Å². The lowest BCUT2D eigenvalue weighted by Crippen LogP contribution is -2.30. The summed E-state index contributed by atoms with van der Waals surface area (Å²) in [6.07, 6.45) is 1.06. The standard InChI is InChI=1S/C19H22N2O4S/c1-4-21(5-2)19(23)14-9-8-10-15(13-14)20-18(22)16-11-6-7-12-17(16)26(3,24)25/h6-13H,4-5H2,1-3H3,(H,20,22). The van der Waals surface area contributed by atoms with Gasteiger partial charge in [0.15, 0.2) is 9.84 Å². The molecule has 2 amide bonds. The number of anilines is 1. The summed E-state index contributed by atoms with van der Waals surface area (Å²) in [4.78, 5) is 26.6. The Kier molecular flexibility index (Phi) is 6.15. The van der Waals surface area contributed by atoms with Crippen molar-refractivity contribution in [2.45, 2.75) is 18.7 Å². The normalized spacial score (nSPS) is 11.0. The van der Waals surface area contributed by atoms with Gasteiger partial charge in [0.2, 0.25) is 0 Å². The number of rotatable bonds is 6. The third kappa shape index (κ3) is 4.49. The van der Waals surface area contributed by atoms with Crippen molar-refractivity contribution in [2.24, 2.45) is 0 Å². The average Bonchev–Trinajstić information content (AvgIpc) is 2.62. The molecule has 138 valence electrons. The number of amides is 2. The van der Waals surface area contributed by atoms with Crippen LogP contribution in [0.5, 0.6) is 0 Å². The highest BCUT2D eigenvalue weighted by Crippen LogP contribution is 2.18. The van der Waals surface area contributed by atoms with Gasteiger partial charge in [-0.05, 0) is 44.2 Å². The van der Waals surface area contributed by atoms with E-state index in [1.54, 1.807) is 41.3 Å². The first-order valence-corrected chi connectivity index (χ1v) is 10.2. The Morgan fingerprint density at radius 3 is 2.27 bits per heavy atom. The number of nitrogens with one attached hydrogen (secondary N) is 1. The predicted molar refractivity (Wildman–Crippen MR) is 101 cm³/mol. The zero-order chi connectivity index (χ0) is 19.3. The van der Waals surface area contributed by atoms with Crippen LogP contribution in [-0.2, 0) is 9.84 Å². The van der Waals surface area contributed by atoms with Crippen molar-refractivity contribution >= 4 is 27.3 Å². The van der Waals surface area contributed by atoms with Gasteiger partial charge in [-0.25, -0.2) is 8.42 Å². The lowest BCUT2D eigenvalue weighted by Gasteiger charge is -2.19. The first-order valence-electron chi connectivity index (χ1n) is 8.27. The van der Waals surface area contributed by atoms with E-state index in [4.69, 9.17) is 0 Å². The van der Waals surface area contributed by atoms with Gasteiger partial charge in [0.25, 0.3) is 11.8 Å². The van der Waals surface area contributed by atoms with Crippen molar-refractivity contribution in [3.63, 3.8) is 0 Å². The smallest absolute Gasteiger partial charge is 0.256 e. The molecule has 0 bridgehead atoms. The summed E-state index contributed by atoms with van der Waals surface area (Å²) in [6.45, 7) is 4.98. The van der Waals surface area contributed by atoms with Gasteiger partial charge in [-0.15, -0.1) is 0 Å². The molecule has 6 nitrogen and oxygen atoms in total. The molecule has 0 saturated carbocycles. The highest BCUT2D eigenvalue weighted by Gasteiger charge is 2.19. The largest absolute Gasteiger partial charge is 0.339 e. The van der Waals surface area contributed by atoms with E-state index in [0.29, 0.717) is 24.3 Å². The fourth-order valence-corrected chi connectivity index (χ4v) is 3.49. The first kappa shape index (κ1) is 19.7. The number of sulfone groups is 1. The maximum Gasteiger partial charge on any atom is 0.256 e. The second-order valence-corrected chi connectivity index (χ2v) is 7.76. The minimum Gasteiger partial charge on any atom is -0.339 e. The summed E-state index contributed by atoms with van der Waals surface area (Å²) in [6, 6.07) is 12.6. The molecule has 0 radical (unpaired) electrons. The van der Waals surface area contributed by atoms with Gasteiger partial charge in [0.05, 0.1) is 10.5 Å². The summed E-state index contributed by atoms with van der Waals surface area (Å²) >= 11 is 0. The van der Waals surface area contributed by atoms with Crippen molar-refractivity contribution in [1.29, 1.82) is 0 Å². The minimum atomic E-state index is -3.53. The Hall–Kier alpha value is -2.67. The SMILES string of the molecule is CCN(CC)C(=O)c1cccc(NC(=O)c2ccccc2S(C)(=O)=O)c1. The van der Waals surface area contributed by atoms with E-state index in [9.17, 15) is 18.0 Å². The molecular weight excluding hydrogens is 352 g/mol. The zero-order valence-corrected chi connectivity index (χ0v) is 15.8. The summed E-state index contributed by atoms with van der Waals surface area (Å²) in [7, 11) is -3.53. The van der Waals surface area contributed by atoms with E-state index in [-0.39, 0.29) is 16.4 Å². The maximum absolute atomic E-state index is 12.5. The second-order valence-electron chi connectivity index (χ2n) is 5.78. The van der Waals surface area contributed by atoms with Gasteiger partial charge in [-0.3, -0.25) is 9.59 Å². The molecule has 0 spiro atoms. The van der Waals surface area contributed by atoms with Crippen molar-refractivity contribution in [1.82, 2.24) is 4.90 Å². The molecule has 0 fully saturated rings. The van der Waals surface area contributed by atoms with Crippen molar-refractivity contribution in [3.8, 4) is 0 Å². The van der Waals surface area contributed by atoms with Crippen molar-refractivity contribution < 1.29 is 18.0 Å². The lowest BCUT2D eigenvalue weighted by atomic mass is 10.1. The van der Waals surface area contributed by atoms with Gasteiger partial charge in [-0.2, -0.15) is 0 Å². The van der Waals surface area contributed by atoms with Crippen LogP contribution in [0.3, 0.4) is 0 Å². The second kappa shape index (κ2) is 8.14. The van der Waals surface area contributed by atoms with Crippen molar-refractivity contribution in [2.75, 3.05) is 24.7 Å². The predicted octanol–water partition coefficient (Wildman–Crippen LogP) is 2.82. The van der Waals surface area contributed by atoms with Gasteiger partial charge in [-0.1, -0.05) is 18.2 Å². The Bertz CT molecular complexity index is 919. The molecule has 0 aliphatic heterocycles. The summed E-state index contributed by atoms with van der Waals surface area (Å²) in [5, 5.41) is 2.67. The molecule has 1 N–H and O–H groups in total. The highest BCUT2D eigenvalue weighted by molar-refractivity contribution is 7.90. The van der Waals surface area contributed by atoms with Crippen LogP contribution in [0.2, 0.25) is 0 Å². The maximum atomic E-state index is 12.5. The van der Waals surface area contributed by atoms with E-state index in [0.717, 1.165) is 6.26 Å². The van der Waals surface area contributed by atoms with Gasteiger partial charge < -0.3 is 10.2 Å². The van der Waals surface area contributed by atoms with Crippen LogP contribution < -0.4 is 5.32 Å². The van der Waals surface area contributed by atoms with E-state index in [2.05, 4.69) is 5.32 Å². The van der Waals surface area contributed by atoms with Gasteiger partial charge in [0, 0.05) is 30.6 Å². The molecule has 2 aromatic rings. The highest BCUT2D eigenvalue weighted by atomic mass is 32.2. The molecule has 2 rings (SSSR count). The molecule has 7 heteroatoms. The molecular formula is C19H22N2O4S. The number of benzene rings is 2. The number of hydrogen-bond donors (Lipinski definition) is 1. The topological polar surface area (TPSA) is 83.6 Å². The molecule has 0 aliphatic rings. The number of nitrogens with zero attached hydrogens (tertiary/aromatic N) is 1. The fourth-order valence-electron chi connectivity index (χ4n) is 2.60. The molecule has 0 atom stereocenters. The Morgan fingerprint density at radius 1 is 1.00 bits per heavy atom. The monoisotopic (exact) mass is 374 g/mol. The Morgan fingerprint density at radius 2 is 1.65 bits per heavy atom. The van der Waals surface area contributed by atoms with Crippen LogP contribution in [-0.4, -0.2) is 44.5 Å². The van der Waals surface area contributed by atoms with Crippen LogP contribution in [0, 0.1) is 0 Å². The fraction of sp³-hybridized carbons (Fsp3) is 0.263. The van der Waals surface area contributed by atoms with Gasteiger partial charge >= 0.3 is 0 Å². The quantitative estimate of drug-likeness (QED) is 0.843. The first-order chi connectivity index (χ1) is 12.3. The van der Waals surface area contributed by atoms with E-state index < -0.39 is 15.7 Å².